The van der Waals surface area contributed by atoms with Crippen LogP contribution in [0.15, 0.2) is 42.5 Å². The molecule has 2 rings (SSSR count). The molecule has 134 valence electrons. The molecular formula is C19H24N2O3S. The number of hydrogen-bond donors (Lipinski definition) is 2. The van der Waals surface area contributed by atoms with Gasteiger partial charge in [-0.25, -0.2) is 0 Å². The Morgan fingerprint density at radius 3 is 2.12 bits per heavy atom. The molecule has 0 aromatic heterocycles. The third kappa shape index (κ3) is 5.53. The summed E-state index contributed by atoms with van der Waals surface area (Å²) in [5.41, 5.74) is 1.92. The summed E-state index contributed by atoms with van der Waals surface area (Å²) < 4.78 is 16.0. The van der Waals surface area contributed by atoms with Gasteiger partial charge in [-0.1, -0.05) is 12.1 Å². The van der Waals surface area contributed by atoms with Gasteiger partial charge >= 0.3 is 0 Å². The van der Waals surface area contributed by atoms with E-state index in [4.69, 9.17) is 26.4 Å². The average molecular weight is 360 g/mol. The molecule has 0 saturated carbocycles. The highest BCUT2D eigenvalue weighted by Gasteiger charge is 2.09. The van der Waals surface area contributed by atoms with Crippen molar-refractivity contribution < 1.29 is 14.2 Å². The molecule has 2 aromatic carbocycles. The molecule has 0 aliphatic heterocycles. The van der Waals surface area contributed by atoms with E-state index < -0.39 is 0 Å². The first kappa shape index (κ1) is 18.9. The van der Waals surface area contributed by atoms with Gasteiger partial charge in [-0.3, -0.25) is 0 Å². The number of thiocarbonyl (C=S) groups is 1. The Morgan fingerprint density at radius 2 is 1.60 bits per heavy atom. The lowest BCUT2D eigenvalue weighted by Crippen LogP contribution is -2.30. The largest absolute Gasteiger partial charge is 0.497 e. The highest BCUT2D eigenvalue weighted by atomic mass is 32.1. The Labute approximate surface area is 154 Å². The molecule has 2 aromatic rings. The van der Waals surface area contributed by atoms with Crippen molar-refractivity contribution in [1.82, 2.24) is 5.32 Å². The van der Waals surface area contributed by atoms with Gasteiger partial charge < -0.3 is 24.8 Å². The zero-order valence-corrected chi connectivity index (χ0v) is 15.8. The molecule has 5 nitrogen and oxygen atoms in total. The van der Waals surface area contributed by atoms with E-state index in [2.05, 4.69) is 17.6 Å². The van der Waals surface area contributed by atoms with Crippen LogP contribution in [0, 0.1) is 0 Å². The van der Waals surface area contributed by atoms with E-state index in [1.807, 2.05) is 49.4 Å². The fraction of sp³-hybridized carbons (Fsp3) is 0.316. The van der Waals surface area contributed by atoms with Gasteiger partial charge in [-0.05, 0) is 43.8 Å². The topological polar surface area (TPSA) is 51.8 Å². The minimum Gasteiger partial charge on any atom is -0.497 e. The van der Waals surface area contributed by atoms with Crippen molar-refractivity contribution in [3.8, 4) is 17.2 Å². The first-order chi connectivity index (χ1) is 12.0. The third-order valence-corrected chi connectivity index (χ3v) is 3.87. The Kier molecular flexibility index (Phi) is 6.89. The molecule has 0 spiro atoms. The number of methoxy groups -OCH3 is 2. The second-order valence-electron chi connectivity index (χ2n) is 5.42. The van der Waals surface area contributed by atoms with Crippen LogP contribution in [0.4, 0.5) is 5.69 Å². The van der Waals surface area contributed by atoms with E-state index >= 15 is 0 Å². The van der Waals surface area contributed by atoms with Crippen LogP contribution >= 0.6 is 12.2 Å². The van der Waals surface area contributed by atoms with Crippen LogP contribution in [-0.2, 0) is 0 Å². The first-order valence-electron chi connectivity index (χ1n) is 8.09. The molecule has 0 radical (unpaired) electrons. The molecule has 0 aliphatic carbocycles. The molecule has 1 atom stereocenters. The standard InChI is InChI=1S/C19H24N2O3S/c1-5-24-16-8-6-14(7-9-16)13(2)20-19(25)21-15-10-17(22-3)12-18(11-15)23-4/h6-13H,5H2,1-4H3,(H2,20,21,25)/t13-/m1/s1. The third-order valence-electron chi connectivity index (χ3n) is 3.65. The predicted octanol–water partition coefficient (Wildman–Crippen LogP) is 4.15. The van der Waals surface area contributed by atoms with E-state index in [9.17, 15) is 0 Å². The lowest BCUT2D eigenvalue weighted by molar-refractivity contribution is 0.340. The van der Waals surface area contributed by atoms with Gasteiger partial charge in [-0.15, -0.1) is 0 Å². The maximum absolute atomic E-state index is 5.46. The summed E-state index contributed by atoms with van der Waals surface area (Å²) in [6, 6.07) is 13.6. The molecule has 6 heteroatoms. The van der Waals surface area contributed by atoms with Crippen molar-refractivity contribution in [3.05, 3.63) is 48.0 Å². The zero-order chi connectivity index (χ0) is 18.2. The predicted molar refractivity (Wildman–Crippen MR) is 105 cm³/mol. The summed E-state index contributed by atoms with van der Waals surface area (Å²) in [4.78, 5) is 0. The summed E-state index contributed by atoms with van der Waals surface area (Å²) in [6.07, 6.45) is 0. The Balaban J connectivity index is 1.99. The summed E-state index contributed by atoms with van der Waals surface area (Å²) in [7, 11) is 3.23. The number of benzene rings is 2. The van der Waals surface area contributed by atoms with E-state index in [1.165, 1.54) is 0 Å². The Morgan fingerprint density at radius 1 is 1.00 bits per heavy atom. The van der Waals surface area contributed by atoms with Gasteiger partial charge in [-0.2, -0.15) is 0 Å². The van der Waals surface area contributed by atoms with Gasteiger partial charge in [0.1, 0.15) is 17.2 Å². The number of ether oxygens (including phenoxy) is 3. The highest BCUT2D eigenvalue weighted by molar-refractivity contribution is 7.80. The second kappa shape index (κ2) is 9.13. The fourth-order valence-electron chi connectivity index (χ4n) is 2.35. The SMILES string of the molecule is CCOc1ccc([C@@H](C)NC(=S)Nc2cc(OC)cc(OC)c2)cc1. The van der Waals surface area contributed by atoms with Gasteiger partial charge in [0.25, 0.3) is 0 Å². The minimum absolute atomic E-state index is 0.0585. The second-order valence-corrected chi connectivity index (χ2v) is 5.83. The van der Waals surface area contributed by atoms with Crippen molar-refractivity contribution >= 4 is 23.0 Å². The van der Waals surface area contributed by atoms with Crippen LogP contribution in [-0.4, -0.2) is 25.9 Å². The molecule has 0 fully saturated rings. The summed E-state index contributed by atoms with van der Waals surface area (Å²) in [5, 5.41) is 6.95. The number of hydrogen-bond acceptors (Lipinski definition) is 4. The van der Waals surface area contributed by atoms with Crippen LogP contribution in [0.3, 0.4) is 0 Å². The van der Waals surface area contributed by atoms with E-state index in [1.54, 1.807) is 14.2 Å². The van der Waals surface area contributed by atoms with Gasteiger partial charge in [0.15, 0.2) is 5.11 Å². The monoisotopic (exact) mass is 360 g/mol. The molecule has 0 amide bonds. The molecule has 0 unspecified atom stereocenters. The first-order valence-corrected chi connectivity index (χ1v) is 8.50. The van der Waals surface area contributed by atoms with E-state index in [-0.39, 0.29) is 6.04 Å². The minimum atomic E-state index is 0.0585. The summed E-state index contributed by atoms with van der Waals surface area (Å²) in [5.74, 6) is 2.26. The van der Waals surface area contributed by atoms with Crippen molar-refractivity contribution in [2.75, 3.05) is 26.1 Å². The molecule has 0 saturated heterocycles. The summed E-state index contributed by atoms with van der Waals surface area (Å²) >= 11 is 5.41. The molecule has 0 bridgehead atoms. The Hall–Kier alpha value is -2.47. The number of rotatable bonds is 7. The number of anilines is 1. The number of nitrogens with one attached hydrogen (secondary N) is 2. The van der Waals surface area contributed by atoms with Crippen LogP contribution in [0.25, 0.3) is 0 Å². The molecule has 0 aliphatic rings. The highest BCUT2D eigenvalue weighted by Crippen LogP contribution is 2.26. The van der Waals surface area contributed by atoms with Gasteiger partial charge in [0.05, 0.1) is 26.9 Å². The summed E-state index contributed by atoms with van der Waals surface area (Å²) in [6.45, 7) is 4.68. The maximum Gasteiger partial charge on any atom is 0.171 e. The molecular weight excluding hydrogens is 336 g/mol. The lowest BCUT2D eigenvalue weighted by atomic mass is 10.1. The fourth-order valence-corrected chi connectivity index (χ4v) is 2.64. The maximum atomic E-state index is 5.46. The van der Waals surface area contributed by atoms with Crippen molar-refractivity contribution in [3.63, 3.8) is 0 Å². The van der Waals surface area contributed by atoms with Crippen molar-refractivity contribution in [1.29, 1.82) is 0 Å². The molecule has 25 heavy (non-hydrogen) atoms. The van der Waals surface area contributed by atoms with E-state index in [0.717, 1.165) is 17.0 Å². The normalized spacial score (nSPS) is 11.4. The van der Waals surface area contributed by atoms with Crippen LogP contribution in [0.2, 0.25) is 0 Å². The van der Waals surface area contributed by atoms with E-state index in [0.29, 0.717) is 23.2 Å². The average Bonchev–Trinajstić information content (AvgIpc) is 2.62. The molecule has 2 N–H and O–H groups in total. The van der Waals surface area contributed by atoms with Crippen LogP contribution in [0.1, 0.15) is 25.5 Å². The Bertz CT molecular complexity index is 682. The van der Waals surface area contributed by atoms with Crippen molar-refractivity contribution in [2.45, 2.75) is 19.9 Å². The molecule has 0 heterocycles. The quantitative estimate of drug-likeness (QED) is 0.724. The lowest BCUT2D eigenvalue weighted by Gasteiger charge is -2.18. The van der Waals surface area contributed by atoms with Gasteiger partial charge in [0, 0.05) is 23.9 Å². The van der Waals surface area contributed by atoms with Crippen molar-refractivity contribution in [2.24, 2.45) is 0 Å². The smallest absolute Gasteiger partial charge is 0.171 e. The van der Waals surface area contributed by atoms with Gasteiger partial charge in [0.2, 0.25) is 0 Å². The van der Waals surface area contributed by atoms with Crippen LogP contribution < -0.4 is 24.8 Å². The zero-order valence-electron chi connectivity index (χ0n) is 15.0. The van der Waals surface area contributed by atoms with Crippen LogP contribution in [0.5, 0.6) is 17.2 Å².